The van der Waals surface area contributed by atoms with E-state index in [1.807, 2.05) is 10.8 Å². The van der Waals surface area contributed by atoms with E-state index < -0.39 is 0 Å². The molecule has 0 aliphatic carbocycles. The van der Waals surface area contributed by atoms with Crippen molar-refractivity contribution in [2.24, 2.45) is 0 Å². The number of carbonyl (C=O) groups is 3. The van der Waals surface area contributed by atoms with Gasteiger partial charge in [-0.25, -0.2) is 9.97 Å². The van der Waals surface area contributed by atoms with Gasteiger partial charge in [-0.15, -0.1) is 0 Å². The van der Waals surface area contributed by atoms with Crippen LogP contribution < -0.4 is 15.5 Å². The number of hydrogen-bond donors (Lipinski definition) is 2. The lowest BCUT2D eigenvalue weighted by Gasteiger charge is -2.19. The number of aromatic nitrogens is 3. The average Bonchev–Trinajstić information content (AvgIpc) is 3.41. The quantitative estimate of drug-likeness (QED) is 0.453. The summed E-state index contributed by atoms with van der Waals surface area (Å²) in [4.78, 5) is 46.2. The lowest BCUT2D eigenvalue weighted by molar-refractivity contribution is -0.119. The maximum atomic E-state index is 12.6. The van der Waals surface area contributed by atoms with Gasteiger partial charge < -0.3 is 19.9 Å². The number of aryl methyl sites for hydroxylation is 1. The van der Waals surface area contributed by atoms with Crippen molar-refractivity contribution in [3.63, 3.8) is 0 Å². The van der Waals surface area contributed by atoms with E-state index in [9.17, 15) is 14.4 Å². The highest BCUT2D eigenvalue weighted by molar-refractivity contribution is 7.17. The number of rotatable bonds is 13. The number of ether oxygens (including phenoxy) is 1. The van der Waals surface area contributed by atoms with E-state index in [1.54, 1.807) is 17.4 Å². The normalized spacial score (nSPS) is 10.6. The summed E-state index contributed by atoms with van der Waals surface area (Å²) in [6.45, 7) is 3.89. The number of anilines is 1. The molecule has 0 saturated heterocycles. The maximum Gasteiger partial charge on any atom is 0.263 e. The van der Waals surface area contributed by atoms with Gasteiger partial charge in [-0.1, -0.05) is 11.3 Å². The number of nitrogens with one attached hydrogen (secondary N) is 2. The smallest absolute Gasteiger partial charge is 0.263 e. The van der Waals surface area contributed by atoms with Crippen LogP contribution in [0.1, 0.15) is 35.9 Å². The van der Waals surface area contributed by atoms with Gasteiger partial charge in [0.2, 0.25) is 11.8 Å². The van der Waals surface area contributed by atoms with Crippen molar-refractivity contribution in [2.45, 2.75) is 32.7 Å². The molecule has 30 heavy (non-hydrogen) atoms. The van der Waals surface area contributed by atoms with Gasteiger partial charge in [0.05, 0.1) is 25.6 Å². The number of amides is 3. The molecule has 2 aromatic rings. The van der Waals surface area contributed by atoms with Crippen molar-refractivity contribution >= 4 is 34.2 Å². The van der Waals surface area contributed by atoms with E-state index in [0.717, 1.165) is 13.0 Å². The van der Waals surface area contributed by atoms with Crippen LogP contribution in [0.3, 0.4) is 0 Å². The molecule has 0 saturated carbocycles. The Kier molecular flexibility index (Phi) is 9.95. The topological polar surface area (TPSA) is 118 Å². The monoisotopic (exact) mass is 436 g/mol. The van der Waals surface area contributed by atoms with Crippen molar-refractivity contribution in [1.82, 2.24) is 25.2 Å². The van der Waals surface area contributed by atoms with Crippen molar-refractivity contribution < 1.29 is 19.1 Å². The van der Waals surface area contributed by atoms with E-state index in [-0.39, 0.29) is 24.1 Å². The highest BCUT2D eigenvalue weighted by atomic mass is 32.1. The summed E-state index contributed by atoms with van der Waals surface area (Å²) in [6, 6.07) is 0. The lowest BCUT2D eigenvalue weighted by Crippen LogP contribution is -2.34. The third-order valence-corrected chi connectivity index (χ3v) is 5.16. The minimum absolute atomic E-state index is 0.117. The second-order valence-corrected chi connectivity index (χ2v) is 7.55. The number of hydrogen-bond acceptors (Lipinski definition) is 7. The van der Waals surface area contributed by atoms with E-state index in [4.69, 9.17) is 4.74 Å². The molecule has 3 amide bonds. The molecule has 0 aliphatic heterocycles. The average molecular weight is 437 g/mol. The minimum atomic E-state index is -0.216. The first kappa shape index (κ1) is 23.5. The van der Waals surface area contributed by atoms with Gasteiger partial charge in [-0.3, -0.25) is 19.3 Å². The van der Waals surface area contributed by atoms with Crippen LogP contribution in [0.25, 0.3) is 0 Å². The Hall–Kier alpha value is -2.79. The summed E-state index contributed by atoms with van der Waals surface area (Å²) in [5.41, 5.74) is 0. The summed E-state index contributed by atoms with van der Waals surface area (Å²) in [7, 11) is 1.53. The van der Waals surface area contributed by atoms with E-state index in [2.05, 4.69) is 20.6 Å². The molecule has 164 valence electrons. The predicted molar refractivity (Wildman–Crippen MR) is 113 cm³/mol. The molecule has 2 aromatic heterocycles. The summed E-state index contributed by atoms with van der Waals surface area (Å²) in [6.07, 6.45) is 8.37. The molecule has 0 fully saturated rings. The first-order chi connectivity index (χ1) is 14.5. The largest absolute Gasteiger partial charge is 0.384 e. The Bertz CT molecular complexity index is 808. The van der Waals surface area contributed by atoms with E-state index in [1.165, 1.54) is 31.6 Å². The standard InChI is InChI=1S/C19H28N6O4S/c1-15(26)21-6-4-10-25(17(27)5-12-29-2)19-23-13-16(30-19)18(28)22-7-3-9-24-11-8-20-14-24/h8,11,13-14H,3-7,9-10,12H2,1-2H3,(H,21,26)(H,22,28). The molecule has 0 bridgehead atoms. The van der Waals surface area contributed by atoms with Gasteiger partial charge in [-0.2, -0.15) is 0 Å². The Morgan fingerprint density at radius 1 is 1.23 bits per heavy atom. The SMILES string of the molecule is COCCC(=O)N(CCCNC(C)=O)c1ncc(C(=O)NCCCn2ccnc2)s1. The molecule has 0 spiro atoms. The Morgan fingerprint density at radius 3 is 2.73 bits per heavy atom. The van der Waals surface area contributed by atoms with E-state index in [0.29, 0.717) is 42.7 Å². The lowest BCUT2D eigenvalue weighted by atomic mass is 10.3. The summed E-state index contributed by atoms with van der Waals surface area (Å²) in [5, 5.41) is 6.04. The molecule has 2 rings (SSSR count). The van der Waals surface area contributed by atoms with Gasteiger partial charge in [0.15, 0.2) is 5.13 Å². The number of imidazole rings is 1. The molecule has 0 aromatic carbocycles. The molecular formula is C19H28N6O4S. The van der Waals surface area contributed by atoms with Crippen LogP contribution in [-0.2, 0) is 20.9 Å². The molecule has 0 unspecified atom stereocenters. The van der Waals surface area contributed by atoms with Crippen LogP contribution >= 0.6 is 11.3 Å². The highest BCUT2D eigenvalue weighted by Crippen LogP contribution is 2.23. The fourth-order valence-electron chi connectivity index (χ4n) is 2.62. The summed E-state index contributed by atoms with van der Waals surface area (Å²) < 4.78 is 6.94. The first-order valence-electron chi connectivity index (χ1n) is 9.74. The fourth-order valence-corrected chi connectivity index (χ4v) is 3.49. The Morgan fingerprint density at radius 2 is 2.03 bits per heavy atom. The van der Waals surface area contributed by atoms with Crippen molar-refractivity contribution in [3.05, 3.63) is 29.8 Å². The van der Waals surface area contributed by atoms with Gasteiger partial charge in [0, 0.05) is 52.6 Å². The number of carbonyl (C=O) groups excluding carboxylic acids is 3. The molecule has 0 radical (unpaired) electrons. The molecule has 10 nitrogen and oxygen atoms in total. The van der Waals surface area contributed by atoms with Crippen LogP contribution in [0.2, 0.25) is 0 Å². The van der Waals surface area contributed by atoms with E-state index >= 15 is 0 Å². The fraction of sp³-hybridized carbons (Fsp3) is 0.526. The maximum absolute atomic E-state index is 12.6. The van der Waals surface area contributed by atoms with Crippen molar-refractivity contribution in [2.75, 3.05) is 38.3 Å². The Labute approximate surface area is 179 Å². The van der Waals surface area contributed by atoms with Crippen LogP contribution in [-0.4, -0.2) is 65.6 Å². The third-order valence-electron chi connectivity index (χ3n) is 4.14. The molecule has 11 heteroatoms. The van der Waals surface area contributed by atoms with Crippen molar-refractivity contribution in [3.8, 4) is 0 Å². The summed E-state index contributed by atoms with van der Waals surface area (Å²) in [5.74, 6) is -0.471. The second kappa shape index (κ2) is 12.7. The van der Waals surface area contributed by atoms with Crippen molar-refractivity contribution in [1.29, 1.82) is 0 Å². The summed E-state index contributed by atoms with van der Waals surface area (Å²) >= 11 is 1.17. The van der Waals surface area contributed by atoms with Gasteiger partial charge in [0.1, 0.15) is 4.88 Å². The zero-order chi connectivity index (χ0) is 21.8. The highest BCUT2D eigenvalue weighted by Gasteiger charge is 2.20. The van der Waals surface area contributed by atoms with Gasteiger partial charge in [-0.05, 0) is 12.8 Å². The molecule has 0 aliphatic rings. The van der Waals surface area contributed by atoms with Crippen LogP contribution in [0.15, 0.2) is 24.9 Å². The van der Waals surface area contributed by atoms with Gasteiger partial charge in [0.25, 0.3) is 5.91 Å². The molecule has 2 N–H and O–H groups in total. The molecule has 2 heterocycles. The second-order valence-electron chi connectivity index (χ2n) is 6.54. The number of methoxy groups -OCH3 is 1. The zero-order valence-corrected chi connectivity index (χ0v) is 18.1. The Balaban J connectivity index is 1.90. The predicted octanol–water partition coefficient (Wildman–Crippen LogP) is 1.06. The first-order valence-corrected chi connectivity index (χ1v) is 10.6. The zero-order valence-electron chi connectivity index (χ0n) is 17.3. The molecular weight excluding hydrogens is 408 g/mol. The van der Waals surface area contributed by atoms with Crippen LogP contribution in [0, 0.1) is 0 Å². The van der Waals surface area contributed by atoms with Crippen LogP contribution in [0.5, 0.6) is 0 Å². The number of nitrogens with zero attached hydrogens (tertiary/aromatic N) is 4. The molecule has 0 atom stereocenters. The minimum Gasteiger partial charge on any atom is -0.384 e. The number of thiazole rings is 1. The third kappa shape index (κ3) is 7.91. The van der Waals surface area contributed by atoms with Crippen LogP contribution in [0.4, 0.5) is 5.13 Å². The van der Waals surface area contributed by atoms with Gasteiger partial charge >= 0.3 is 0 Å².